The highest BCUT2D eigenvalue weighted by Crippen LogP contribution is 2.22. The molecule has 0 aromatic rings. The van der Waals surface area contributed by atoms with Gasteiger partial charge in [-0.15, -0.1) is 0 Å². The van der Waals surface area contributed by atoms with Gasteiger partial charge in [0, 0.05) is 26.2 Å². The second kappa shape index (κ2) is 6.70. The maximum Gasteiger partial charge on any atom is 0.225 e. The summed E-state index contributed by atoms with van der Waals surface area (Å²) in [7, 11) is 1.54. The highest BCUT2D eigenvalue weighted by Gasteiger charge is 2.32. The Kier molecular flexibility index (Phi) is 5.55. The number of amides is 2. The molecule has 0 spiro atoms. The first-order valence-corrected chi connectivity index (χ1v) is 6.31. The first kappa shape index (κ1) is 14.9. The summed E-state index contributed by atoms with van der Waals surface area (Å²) in [5, 5.41) is 0. The van der Waals surface area contributed by atoms with Crippen LogP contribution < -0.4 is 11.5 Å². The molecule has 1 saturated heterocycles. The third kappa shape index (κ3) is 3.68. The minimum absolute atomic E-state index is 0.0225. The van der Waals surface area contributed by atoms with E-state index in [4.69, 9.17) is 16.2 Å². The van der Waals surface area contributed by atoms with Gasteiger partial charge in [-0.2, -0.15) is 0 Å². The van der Waals surface area contributed by atoms with E-state index in [1.807, 2.05) is 6.92 Å². The molecule has 1 aliphatic rings. The minimum Gasteiger partial charge on any atom is -0.380 e. The quantitative estimate of drug-likeness (QED) is 0.691. The summed E-state index contributed by atoms with van der Waals surface area (Å²) in [6.45, 7) is 2.71. The minimum atomic E-state index is -0.332. The van der Waals surface area contributed by atoms with Gasteiger partial charge < -0.3 is 21.1 Å². The van der Waals surface area contributed by atoms with Gasteiger partial charge in [0.05, 0.1) is 18.4 Å². The highest BCUT2D eigenvalue weighted by molar-refractivity contribution is 5.80. The second-order valence-electron chi connectivity index (χ2n) is 4.87. The Morgan fingerprint density at radius 1 is 1.44 bits per heavy atom. The lowest BCUT2D eigenvalue weighted by Gasteiger charge is -2.37. The van der Waals surface area contributed by atoms with Crippen molar-refractivity contribution in [3.8, 4) is 0 Å². The summed E-state index contributed by atoms with van der Waals surface area (Å²) in [5.41, 5.74) is 10.8. The molecule has 1 heterocycles. The highest BCUT2D eigenvalue weighted by atomic mass is 16.5. The van der Waals surface area contributed by atoms with Gasteiger partial charge in [-0.1, -0.05) is 0 Å². The number of carbonyl (C=O) groups is 2. The zero-order valence-electron chi connectivity index (χ0n) is 11.1. The summed E-state index contributed by atoms with van der Waals surface area (Å²) < 4.78 is 5.11. The number of hydrogen-bond acceptors (Lipinski definition) is 4. The van der Waals surface area contributed by atoms with Crippen molar-refractivity contribution in [2.45, 2.75) is 38.3 Å². The number of nitrogens with zero attached hydrogens (tertiary/aromatic N) is 1. The van der Waals surface area contributed by atoms with E-state index in [1.165, 1.54) is 7.11 Å². The SMILES string of the molecule is COC(CN)CC(=O)N1CC(C(N)=O)CCC1C. The molecule has 0 aliphatic carbocycles. The predicted octanol–water partition coefficient (Wildman–Crippen LogP) is -0.537. The van der Waals surface area contributed by atoms with Crippen LogP contribution in [0, 0.1) is 5.92 Å². The van der Waals surface area contributed by atoms with Crippen LogP contribution in [0.2, 0.25) is 0 Å². The molecule has 0 saturated carbocycles. The molecule has 0 radical (unpaired) electrons. The number of methoxy groups -OCH3 is 1. The zero-order valence-corrected chi connectivity index (χ0v) is 11.1. The molecule has 0 aromatic heterocycles. The van der Waals surface area contributed by atoms with Crippen LogP contribution in [0.15, 0.2) is 0 Å². The van der Waals surface area contributed by atoms with Crippen LogP contribution in [0.4, 0.5) is 0 Å². The fourth-order valence-corrected chi connectivity index (χ4v) is 2.26. The molecule has 1 aliphatic heterocycles. The third-order valence-electron chi connectivity index (χ3n) is 3.60. The molecule has 6 nitrogen and oxygen atoms in total. The molecule has 0 bridgehead atoms. The van der Waals surface area contributed by atoms with Crippen molar-refractivity contribution < 1.29 is 14.3 Å². The molecule has 104 valence electrons. The Morgan fingerprint density at radius 2 is 2.11 bits per heavy atom. The maximum absolute atomic E-state index is 12.1. The van der Waals surface area contributed by atoms with Crippen molar-refractivity contribution in [2.24, 2.45) is 17.4 Å². The van der Waals surface area contributed by atoms with Crippen molar-refractivity contribution in [3.63, 3.8) is 0 Å². The lowest BCUT2D eigenvalue weighted by Crippen LogP contribution is -2.49. The first-order valence-electron chi connectivity index (χ1n) is 6.31. The number of rotatable bonds is 5. The monoisotopic (exact) mass is 257 g/mol. The van der Waals surface area contributed by atoms with E-state index < -0.39 is 0 Å². The van der Waals surface area contributed by atoms with Crippen molar-refractivity contribution >= 4 is 11.8 Å². The largest absolute Gasteiger partial charge is 0.380 e. The van der Waals surface area contributed by atoms with Gasteiger partial charge in [-0.3, -0.25) is 9.59 Å². The molecule has 18 heavy (non-hydrogen) atoms. The number of primary amides is 1. The normalized spacial score (nSPS) is 25.8. The summed E-state index contributed by atoms with van der Waals surface area (Å²) >= 11 is 0. The zero-order chi connectivity index (χ0) is 13.7. The van der Waals surface area contributed by atoms with Crippen molar-refractivity contribution in [1.29, 1.82) is 0 Å². The average molecular weight is 257 g/mol. The first-order chi connectivity index (χ1) is 8.49. The lowest BCUT2D eigenvalue weighted by atomic mass is 9.92. The van der Waals surface area contributed by atoms with Crippen LogP contribution in [0.1, 0.15) is 26.2 Å². The molecule has 6 heteroatoms. The van der Waals surface area contributed by atoms with Gasteiger partial charge in [-0.05, 0) is 19.8 Å². The number of nitrogens with two attached hydrogens (primary N) is 2. The molecule has 1 rings (SSSR count). The van der Waals surface area contributed by atoms with Crippen LogP contribution in [0.5, 0.6) is 0 Å². The molecule has 3 atom stereocenters. The maximum atomic E-state index is 12.1. The smallest absolute Gasteiger partial charge is 0.225 e. The van der Waals surface area contributed by atoms with Gasteiger partial charge in [0.15, 0.2) is 0 Å². The Labute approximate surface area is 108 Å². The number of piperidine rings is 1. The standard InChI is InChI=1S/C12H23N3O3/c1-8-3-4-9(12(14)17)7-15(8)11(16)5-10(6-13)18-2/h8-10H,3-7,13H2,1-2H3,(H2,14,17). The fraction of sp³-hybridized carbons (Fsp3) is 0.833. The lowest BCUT2D eigenvalue weighted by molar-refractivity contribution is -0.139. The Morgan fingerprint density at radius 3 is 2.61 bits per heavy atom. The summed E-state index contributed by atoms with van der Waals surface area (Å²) in [6, 6.07) is 0.142. The predicted molar refractivity (Wildman–Crippen MR) is 67.6 cm³/mol. The third-order valence-corrected chi connectivity index (χ3v) is 3.60. The summed E-state index contributed by atoms with van der Waals surface area (Å²) in [5.74, 6) is -0.586. The van der Waals surface area contributed by atoms with E-state index in [9.17, 15) is 9.59 Å². The molecule has 2 amide bonds. The average Bonchev–Trinajstić information content (AvgIpc) is 2.35. The number of ether oxygens (including phenoxy) is 1. The van der Waals surface area contributed by atoms with Crippen molar-refractivity contribution in [1.82, 2.24) is 4.90 Å². The number of carbonyl (C=O) groups excluding carboxylic acids is 2. The molecular formula is C12H23N3O3. The number of hydrogen-bond donors (Lipinski definition) is 2. The van der Waals surface area contributed by atoms with E-state index in [2.05, 4.69) is 0 Å². The Balaban J connectivity index is 2.61. The fourth-order valence-electron chi connectivity index (χ4n) is 2.26. The van der Waals surface area contributed by atoms with Gasteiger partial charge in [0.2, 0.25) is 11.8 Å². The second-order valence-corrected chi connectivity index (χ2v) is 4.87. The van der Waals surface area contributed by atoms with Crippen LogP contribution in [0.3, 0.4) is 0 Å². The van der Waals surface area contributed by atoms with Crippen molar-refractivity contribution in [2.75, 3.05) is 20.2 Å². The van der Waals surface area contributed by atoms with Gasteiger partial charge in [-0.25, -0.2) is 0 Å². The molecule has 0 aromatic carbocycles. The Bertz CT molecular complexity index is 305. The van der Waals surface area contributed by atoms with E-state index in [0.717, 1.165) is 12.8 Å². The topological polar surface area (TPSA) is 98.7 Å². The van der Waals surface area contributed by atoms with E-state index in [0.29, 0.717) is 13.1 Å². The van der Waals surface area contributed by atoms with Crippen LogP contribution >= 0.6 is 0 Å². The van der Waals surface area contributed by atoms with E-state index in [1.54, 1.807) is 4.90 Å². The molecule has 4 N–H and O–H groups in total. The van der Waals surface area contributed by atoms with Gasteiger partial charge in [0.1, 0.15) is 0 Å². The summed E-state index contributed by atoms with van der Waals surface area (Å²) in [4.78, 5) is 25.1. The molecular weight excluding hydrogens is 234 g/mol. The van der Waals surface area contributed by atoms with Crippen LogP contribution in [-0.2, 0) is 14.3 Å². The van der Waals surface area contributed by atoms with Crippen molar-refractivity contribution in [3.05, 3.63) is 0 Å². The van der Waals surface area contributed by atoms with E-state index >= 15 is 0 Å². The van der Waals surface area contributed by atoms with Gasteiger partial charge >= 0.3 is 0 Å². The van der Waals surface area contributed by atoms with Crippen LogP contribution in [-0.4, -0.2) is 49.1 Å². The van der Waals surface area contributed by atoms with Crippen LogP contribution in [0.25, 0.3) is 0 Å². The summed E-state index contributed by atoms with van der Waals surface area (Å²) in [6.07, 6.45) is 1.55. The number of likely N-dealkylation sites (tertiary alicyclic amines) is 1. The van der Waals surface area contributed by atoms with Gasteiger partial charge in [0.25, 0.3) is 0 Å². The molecule has 1 fully saturated rings. The van der Waals surface area contributed by atoms with E-state index in [-0.39, 0.29) is 36.3 Å². The molecule has 3 unspecified atom stereocenters. The Hall–Kier alpha value is -1.14.